The van der Waals surface area contributed by atoms with Gasteiger partial charge in [0.15, 0.2) is 0 Å². The van der Waals surface area contributed by atoms with E-state index in [9.17, 15) is 13.2 Å². The molecule has 1 saturated heterocycles. The molecule has 7 heteroatoms. The highest BCUT2D eigenvalue weighted by atomic mass is 32.2. The summed E-state index contributed by atoms with van der Waals surface area (Å²) in [7, 11) is -3.66. The van der Waals surface area contributed by atoms with Crippen LogP contribution < -0.4 is 5.32 Å². The van der Waals surface area contributed by atoms with Crippen molar-refractivity contribution >= 4 is 21.6 Å². The molecule has 0 aliphatic carbocycles. The van der Waals surface area contributed by atoms with Crippen molar-refractivity contribution < 1.29 is 17.9 Å². The summed E-state index contributed by atoms with van der Waals surface area (Å²) in [6, 6.07) is 11.9. The molecule has 0 saturated carbocycles. The van der Waals surface area contributed by atoms with Crippen LogP contribution in [0.25, 0.3) is 0 Å². The zero-order chi connectivity index (χ0) is 19.6. The van der Waals surface area contributed by atoms with E-state index in [2.05, 4.69) is 5.32 Å². The number of rotatable bonds is 4. The Labute approximate surface area is 160 Å². The Balaban J connectivity index is 1.83. The quantitative estimate of drug-likeness (QED) is 0.874. The van der Waals surface area contributed by atoms with Gasteiger partial charge in [0.1, 0.15) is 0 Å². The van der Waals surface area contributed by atoms with E-state index in [4.69, 9.17) is 4.74 Å². The van der Waals surface area contributed by atoms with Gasteiger partial charge in [-0.05, 0) is 50.6 Å². The van der Waals surface area contributed by atoms with Crippen LogP contribution in [-0.4, -0.2) is 44.4 Å². The maximum Gasteiger partial charge on any atom is 0.255 e. The molecule has 2 aromatic carbocycles. The van der Waals surface area contributed by atoms with E-state index in [0.29, 0.717) is 30.9 Å². The van der Waals surface area contributed by atoms with E-state index >= 15 is 0 Å². The molecule has 6 nitrogen and oxygen atoms in total. The molecule has 1 heterocycles. The van der Waals surface area contributed by atoms with Gasteiger partial charge in [-0.15, -0.1) is 0 Å². The molecule has 0 bridgehead atoms. The lowest BCUT2D eigenvalue weighted by Gasteiger charge is -2.30. The number of nitrogens with zero attached hydrogens (tertiary/aromatic N) is 1. The maximum absolute atomic E-state index is 12.9. The molecule has 1 amide bonds. The second-order valence-corrected chi connectivity index (χ2v) is 8.78. The fourth-order valence-electron chi connectivity index (χ4n) is 3.10. The van der Waals surface area contributed by atoms with Gasteiger partial charge in [0.05, 0.1) is 17.6 Å². The number of anilines is 1. The van der Waals surface area contributed by atoms with E-state index in [1.807, 2.05) is 39.0 Å². The third-order valence-electron chi connectivity index (χ3n) is 4.57. The normalized spacial score (nSPS) is 18.3. The lowest BCUT2D eigenvalue weighted by atomic mass is 10.1. The monoisotopic (exact) mass is 388 g/mol. The summed E-state index contributed by atoms with van der Waals surface area (Å²) in [6.07, 6.45) is -0.149. The summed E-state index contributed by atoms with van der Waals surface area (Å²) in [5.74, 6) is -0.339. The second-order valence-electron chi connectivity index (χ2n) is 6.84. The Kier molecular flexibility index (Phi) is 5.64. The maximum atomic E-state index is 12.9. The Bertz CT molecular complexity index is 956. The van der Waals surface area contributed by atoms with E-state index in [0.717, 1.165) is 11.1 Å². The highest BCUT2D eigenvalue weighted by Crippen LogP contribution is 2.21. The number of hydrogen-bond acceptors (Lipinski definition) is 4. The lowest BCUT2D eigenvalue weighted by molar-refractivity contribution is 0.0102. The third kappa shape index (κ3) is 4.37. The predicted octanol–water partition coefficient (Wildman–Crippen LogP) is 2.97. The predicted molar refractivity (Wildman–Crippen MR) is 104 cm³/mol. The van der Waals surface area contributed by atoms with Crippen molar-refractivity contribution in [2.75, 3.05) is 25.0 Å². The van der Waals surface area contributed by atoms with Gasteiger partial charge in [0.2, 0.25) is 10.0 Å². The van der Waals surface area contributed by atoms with Crippen molar-refractivity contribution in [1.82, 2.24) is 4.31 Å². The first-order valence-electron chi connectivity index (χ1n) is 8.88. The van der Waals surface area contributed by atoms with Gasteiger partial charge in [0, 0.05) is 24.3 Å². The first kappa shape index (κ1) is 19.5. The molecule has 1 N–H and O–H groups in total. The highest BCUT2D eigenvalue weighted by molar-refractivity contribution is 7.89. The number of carbonyl (C=O) groups is 1. The molecule has 0 spiro atoms. The number of benzene rings is 2. The van der Waals surface area contributed by atoms with Crippen LogP contribution in [0, 0.1) is 13.8 Å². The largest absolute Gasteiger partial charge is 0.376 e. The third-order valence-corrected chi connectivity index (χ3v) is 6.43. The summed E-state index contributed by atoms with van der Waals surface area (Å²) in [5.41, 5.74) is 3.07. The minimum Gasteiger partial charge on any atom is -0.376 e. The van der Waals surface area contributed by atoms with Gasteiger partial charge >= 0.3 is 0 Å². The fraction of sp³-hybridized carbons (Fsp3) is 0.350. The minimum atomic E-state index is -3.66. The standard InChI is InChI=1S/C20H24N2O4S/c1-14-7-8-19(15(2)11-14)21-20(23)17-5-4-6-18(12-17)27(24,25)22-9-10-26-16(3)13-22/h4-8,11-12,16H,9-10,13H2,1-3H3,(H,21,23). The summed E-state index contributed by atoms with van der Waals surface area (Å²) in [4.78, 5) is 12.7. The van der Waals surface area contributed by atoms with Crippen LogP contribution in [0.1, 0.15) is 28.4 Å². The number of carbonyl (C=O) groups excluding carboxylic acids is 1. The zero-order valence-electron chi connectivity index (χ0n) is 15.7. The number of amides is 1. The molecule has 3 rings (SSSR count). The van der Waals surface area contributed by atoms with Gasteiger partial charge in [0.25, 0.3) is 5.91 Å². The summed E-state index contributed by atoms with van der Waals surface area (Å²) < 4.78 is 32.6. The van der Waals surface area contributed by atoms with Crippen LogP contribution in [0.5, 0.6) is 0 Å². The van der Waals surface area contributed by atoms with Gasteiger partial charge < -0.3 is 10.1 Å². The van der Waals surface area contributed by atoms with Crippen LogP contribution in [0.15, 0.2) is 47.4 Å². The molecule has 1 aliphatic heterocycles. The Morgan fingerprint density at radius 2 is 1.96 bits per heavy atom. The molecule has 2 aromatic rings. The molecule has 144 valence electrons. The topological polar surface area (TPSA) is 75.7 Å². The van der Waals surface area contributed by atoms with Crippen molar-refractivity contribution in [2.24, 2.45) is 0 Å². The minimum absolute atomic E-state index is 0.116. The second kappa shape index (κ2) is 7.80. The van der Waals surface area contributed by atoms with Gasteiger partial charge in [-0.1, -0.05) is 23.8 Å². The number of hydrogen-bond donors (Lipinski definition) is 1. The van der Waals surface area contributed by atoms with Crippen molar-refractivity contribution in [3.05, 3.63) is 59.2 Å². The number of morpholine rings is 1. The zero-order valence-corrected chi connectivity index (χ0v) is 16.5. The first-order chi connectivity index (χ1) is 12.8. The highest BCUT2D eigenvalue weighted by Gasteiger charge is 2.29. The molecule has 0 aromatic heterocycles. The van der Waals surface area contributed by atoms with Crippen LogP contribution in [0.4, 0.5) is 5.69 Å². The van der Waals surface area contributed by atoms with Crippen LogP contribution in [0.2, 0.25) is 0 Å². The molecule has 1 aliphatic rings. The van der Waals surface area contributed by atoms with Crippen molar-refractivity contribution in [1.29, 1.82) is 0 Å². The number of ether oxygens (including phenoxy) is 1. The molecular weight excluding hydrogens is 364 g/mol. The van der Waals surface area contributed by atoms with Crippen molar-refractivity contribution in [3.8, 4) is 0 Å². The average Bonchev–Trinajstić information content (AvgIpc) is 2.64. The Morgan fingerprint density at radius 3 is 2.67 bits per heavy atom. The van der Waals surface area contributed by atoms with Crippen LogP contribution in [-0.2, 0) is 14.8 Å². The Morgan fingerprint density at radius 1 is 1.19 bits per heavy atom. The fourth-order valence-corrected chi connectivity index (χ4v) is 4.65. The molecular formula is C20H24N2O4S. The molecule has 27 heavy (non-hydrogen) atoms. The van der Waals surface area contributed by atoms with Crippen LogP contribution in [0.3, 0.4) is 0 Å². The molecule has 1 fully saturated rings. The first-order valence-corrected chi connectivity index (χ1v) is 10.3. The lowest BCUT2D eigenvalue weighted by Crippen LogP contribution is -2.44. The van der Waals surface area contributed by atoms with E-state index in [-0.39, 0.29) is 16.9 Å². The smallest absolute Gasteiger partial charge is 0.255 e. The summed E-state index contributed by atoms with van der Waals surface area (Å²) >= 11 is 0. The van der Waals surface area contributed by atoms with E-state index < -0.39 is 10.0 Å². The Hall–Kier alpha value is -2.22. The van der Waals surface area contributed by atoms with Crippen LogP contribution >= 0.6 is 0 Å². The van der Waals surface area contributed by atoms with Crippen molar-refractivity contribution in [3.63, 3.8) is 0 Å². The van der Waals surface area contributed by atoms with E-state index in [1.165, 1.54) is 16.4 Å². The van der Waals surface area contributed by atoms with Crippen molar-refractivity contribution in [2.45, 2.75) is 31.8 Å². The SMILES string of the molecule is Cc1ccc(NC(=O)c2cccc(S(=O)(=O)N3CCOC(C)C3)c2)c(C)c1. The average molecular weight is 388 g/mol. The number of sulfonamides is 1. The number of aryl methyl sites for hydroxylation is 2. The summed E-state index contributed by atoms with van der Waals surface area (Å²) in [6.45, 7) is 6.73. The summed E-state index contributed by atoms with van der Waals surface area (Å²) in [5, 5.41) is 2.85. The van der Waals surface area contributed by atoms with Gasteiger partial charge in [-0.2, -0.15) is 4.31 Å². The molecule has 1 atom stereocenters. The van der Waals surface area contributed by atoms with E-state index in [1.54, 1.807) is 12.1 Å². The number of nitrogens with one attached hydrogen (secondary N) is 1. The van der Waals surface area contributed by atoms with Gasteiger partial charge in [-0.3, -0.25) is 4.79 Å². The molecule has 0 radical (unpaired) electrons. The van der Waals surface area contributed by atoms with Gasteiger partial charge in [-0.25, -0.2) is 8.42 Å². The molecule has 1 unspecified atom stereocenters.